The van der Waals surface area contributed by atoms with Crippen LogP contribution < -0.4 is 10.3 Å². The zero-order valence-electron chi connectivity index (χ0n) is 15.0. The third kappa shape index (κ3) is 4.16. The van der Waals surface area contributed by atoms with Crippen LogP contribution in [0.15, 0.2) is 53.3 Å². The minimum absolute atomic E-state index is 0.0166. The summed E-state index contributed by atoms with van der Waals surface area (Å²) in [4.78, 5) is 28.1. The van der Waals surface area contributed by atoms with Crippen LogP contribution in [0, 0.1) is 0 Å². The number of alkyl halides is 3. The molecule has 2 aromatic carbocycles. The second kappa shape index (κ2) is 7.38. The van der Waals surface area contributed by atoms with Crippen LogP contribution >= 0.6 is 0 Å². The smallest absolute Gasteiger partial charge is 0.459 e. The number of fused-ring (bicyclic) bond motifs is 1. The van der Waals surface area contributed by atoms with Crippen LogP contribution in [0.25, 0.3) is 22.0 Å². The van der Waals surface area contributed by atoms with Crippen molar-refractivity contribution in [1.82, 2.24) is 4.98 Å². The summed E-state index contributed by atoms with van der Waals surface area (Å²) in [6.07, 6.45) is -5.38. The predicted molar refractivity (Wildman–Crippen MR) is 97.2 cm³/mol. The Morgan fingerprint density at radius 3 is 2.36 bits per heavy atom. The van der Waals surface area contributed by atoms with Gasteiger partial charge in [0, 0.05) is 10.9 Å². The molecule has 0 amide bonds. The van der Waals surface area contributed by atoms with E-state index in [1.54, 1.807) is 44.2 Å². The van der Waals surface area contributed by atoms with E-state index in [2.05, 4.69) is 9.72 Å². The van der Waals surface area contributed by atoms with Crippen LogP contribution in [0.1, 0.15) is 24.2 Å². The Kier molecular flexibility index (Phi) is 5.13. The standard InChI is InChI=1S/C20H16F3NO4/c1-11(2)27-19(26)17-14-10-13(28-20(21,22)23)8-9-15(14)24-18(25)16(17)12-6-4-3-5-7-12/h3-11H,1-2H3,(H,24,25). The fourth-order valence-electron chi connectivity index (χ4n) is 2.83. The van der Waals surface area contributed by atoms with E-state index in [1.165, 1.54) is 6.07 Å². The topological polar surface area (TPSA) is 68.4 Å². The van der Waals surface area contributed by atoms with E-state index < -0.39 is 29.7 Å². The number of aromatic amines is 1. The van der Waals surface area contributed by atoms with Crippen molar-refractivity contribution in [1.29, 1.82) is 0 Å². The number of hydrogen-bond donors (Lipinski definition) is 1. The summed E-state index contributed by atoms with van der Waals surface area (Å²) in [6, 6.07) is 11.7. The van der Waals surface area contributed by atoms with Gasteiger partial charge in [-0.05, 0) is 37.6 Å². The first-order valence-corrected chi connectivity index (χ1v) is 8.38. The normalized spacial score (nSPS) is 11.6. The first-order valence-electron chi connectivity index (χ1n) is 8.38. The van der Waals surface area contributed by atoms with Crippen molar-refractivity contribution in [3.8, 4) is 16.9 Å². The van der Waals surface area contributed by atoms with Crippen LogP contribution in [0.5, 0.6) is 5.75 Å². The molecule has 146 valence electrons. The number of H-pyrrole nitrogens is 1. The van der Waals surface area contributed by atoms with Gasteiger partial charge in [0.05, 0.1) is 17.2 Å². The molecule has 3 aromatic rings. The molecule has 0 aliphatic rings. The lowest BCUT2D eigenvalue weighted by Crippen LogP contribution is -2.20. The Bertz CT molecular complexity index is 1070. The Labute approximate surface area is 157 Å². The van der Waals surface area contributed by atoms with Crippen molar-refractivity contribution >= 4 is 16.9 Å². The third-order valence-electron chi connectivity index (χ3n) is 3.83. The van der Waals surface area contributed by atoms with Gasteiger partial charge in [0.15, 0.2) is 0 Å². The van der Waals surface area contributed by atoms with Gasteiger partial charge >= 0.3 is 12.3 Å². The van der Waals surface area contributed by atoms with E-state index in [0.717, 1.165) is 12.1 Å². The number of benzene rings is 2. The Hall–Kier alpha value is -3.29. The molecule has 0 bridgehead atoms. The SMILES string of the molecule is CC(C)OC(=O)c1c(-c2ccccc2)c(=O)[nH]c2ccc(OC(F)(F)F)cc12. The van der Waals surface area contributed by atoms with Gasteiger partial charge in [0.1, 0.15) is 5.75 Å². The summed E-state index contributed by atoms with van der Waals surface area (Å²) in [7, 11) is 0. The molecule has 0 fully saturated rings. The van der Waals surface area contributed by atoms with Gasteiger partial charge in [-0.15, -0.1) is 13.2 Å². The molecule has 8 heteroatoms. The molecular formula is C20H16F3NO4. The van der Waals surface area contributed by atoms with E-state index in [1.807, 2.05) is 0 Å². The molecule has 0 aliphatic carbocycles. The molecule has 5 nitrogen and oxygen atoms in total. The first-order chi connectivity index (χ1) is 13.2. The highest BCUT2D eigenvalue weighted by Crippen LogP contribution is 2.31. The number of hydrogen-bond acceptors (Lipinski definition) is 4. The summed E-state index contributed by atoms with van der Waals surface area (Å²) in [6.45, 7) is 3.27. The van der Waals surface area contributed by atoms with Crippen molar-refractivity contribution < 1.29 is 27.4 Å². The number of halogens is 3. The predicted octanol–water partition coefficient (Wildman–Crippen LogP) is 4.66. The number of ether oxygens (including phenoxy) is 2. The molecule has 28 heavy (non-hydrogen) atoms. The molecule has 0 unspecified atom stereocenters. The van der Waals surface area contributed by atoms with Gasteiger partial charge in [-0.25, -0.2) is 4.79 Å². The molecule has 0 aliphatic heterocycles. The first kappa shape index (κ1) is 19.5. The zero-order valence-corrected chi connectivity index (χ0v) is 15.0. The van der Waals surface area contributed by atoms with E-state index in [-0.39, 0.29) is 22.0 Å². The van der Waals surface area contributed by atoms with E-state index >= 15 is 0 Å². The van der Waals surface area contributed by atoms with Crippen LogP contribution in [0.2, 0.25) is 0 Å². The molecule has 0 saturated heterocycles. The largest absolute Gasteiger partial charge is 0.573 e. The monoisotopic (exact) mass is 391 g/mol. The summed E-state index contributed by atoms with van der Waals surface area (Å²) >= 11 is 0. The van der Waals surface area contributed by atoms with Gasteiger partial charge < -0.3 is 14.5 Å². The van der Waals surface area contributed by atoms with Gasteiger partial charge in [-0.1, -0.05) is 30.3 Å². The minimum atomic E-state index is -4.89. The number of pyridine rings is 1. The molecule has 0 atom stereocenters. The molecule has 1 heterocycles. The Morgan fingerprint density at radius 2 is 1.75 bits per heavy atom. The second-order valence-electron chi connectivity index (χ2n) is 6.28. The second-order valence-corrected chi connectivity index (χ2v) is 6.28. The van der Waals surface area contributed by atoms with Crippen molar-refractivity contribution in [2.24, 2.45) is 0 Å². The molecular weight excluding hydrogens is 375 g/mol. The number of carbonyl (C=O) groups is 1. The van der Waals surface area contributed by atoms with Crippen LogP contribution in [0.3, 0.4) is 0 Å². The van der Waals surface area contributed by atoms with Crippen LogP contribution in [0.4, 0.5) is 13.2 Å². The summed E-state index contributed by atoms with van der Waals surface area (Å²) < 4.78 is 47.0. The highest BCUT2D eigenvalue weighted by atomic mass is 19.4. The molecule has 1 aromatic heterocycles. The molecule has 0 spiro atoms. The fourth-order valence-corrected chi connectivity index (χ4v) is 2.83. The quantitative estimate of drug-likeness (QED) is 0.657. The third-order valence-corrected chi connectivity index (χ3v) is 3.83. The molecule has 0 saturated carbocycles. The molecule has 1 N–H and O–H groups in total. The van der Waals surface area contributed by atoms with Crippen molar-refractivity contribution in [3.63, 3.8) is 0 Å². The van der Waals surface area contributed by atoms with Gasteiger partial charge in [0.25, 0.3) is 5.56 Å². The van der Waals surface area contributed by atoms with Crippen molar-refractivity contribution in [3.05, 3.63) is 64.4 Å². The number of carbonyl (C=O) groups excluding carboxylic acids is 1. The fraction of sp³-hybridized carbons (Fsp3) is 0.200. The highest BCUT2D eigenvalue weighted by Gasteiger charge is 2.31. The van der Waals surface area contributed by atoms with Crippen LogP contribution in [-0.4, -0.2) is 23.4 Å². The van der Waals surface area contributed by atoms with Crippen molar-refractivity contribution in [2.75, 3.05) is 0 Å². The Morgan fingerprint density at radius 1 is 1.07 bits per heavy atom. The lowest BCUT2D eigenvalue weighted by atomic mass is 9.97. The number of aromatic nitrogens is 1. The zero-order chi connectivity index (χ0) is 20.5. The average Bonchev–Trinajstić information content (AvgIpc) is 2.59. The van der Waals surface area contributed by atoms with Gasteiger partial charge in [0.2, 0.25) is 0 Å². The lowest BCUT2D eigenvalue weighted by Gasteiger charge is -2.15. The molecule has 0 radical (unpaired) electrons. The van der Waals surface area contributed by atoms with Gasteiger partial charge in [-0.2, -0.15) is 0 Å². The number of nitrogens with one attached hydrogen (secondary N) is 1. The Balaban J connectivity index is 2.32. The lowest BCUT2D eigenvalue weighted by molar-refractivity contribution is -0.274. The van der Waals surface area contributed by atoms with Crippen LogP contribution in [-0.2, 0) is 4.74 Å². The highest BCUT2D eigenvalue weighted by molar-refractivity contribution is 6.09. The van der Waals surface area contributed by atoms with Crippen molar-refractivity contribution in [2.45, 2.75) is 26.3 Å². The van der Waals surface area contributed by atoms with E-state index in [0.29, 0.717) is 5.56 Å². The summed E-state index contributed by atoms with van der Waals surface area (Å²) in [5.41, 5.74) is -0.0357. The number of esters is 1. The summed E-state index contributed by atoms with van der Waals surface area (Å²) in [5, 5.41) is 0.0888. The van der Waals surface area contributed by atoms with Gasteiger partial charge in [-0.3, -0.25) is 4.79 Å². The average molecular weight is 391 g/mol. The maximum Gasteiger partial charge on any atom is 0.573 e. The van der Waals surface area contributed by atoms with E-state index in [9.17, 15) is 22.8 Å². The number of rotatable bonds is 4. The maximum atomic E-state index is 12.8. The maximum absolute atomic E-state index is 12.8. The molecule has 3 rings (SSSR count). The minimum Gasteiger partial charge on any atom is -0.459 e. The van der Waals surface area contributed by atoms with E-state index in [4.69, 9.17) is 4.74 Å². The summed E-state index contributed by atoms with van der Waals surface area (Å²) in [5.74, 6) is -1.32.